The molecule has 2 aromatic heterocycles. The molecule has 3 heterocycles. The van der Waals surface area contributed by atoms with Gasteiger partial charge in [0.1, 0.15) is 11.5 Å². The number of aromatic nitrogens is 2. The van der Waals surface area contributed by atoms with Crippen LogP contribution in [0.1, 0.15) is 84.1 Å². The van der Waals surface area contributed by atoms with E-state index < -0.39 is 5.60 Å². The van der Waals surface area contributed by atoms with E-state index in [0.717, 1.165) is 42.6 Å². The van der Waals surface area contributed by atoms with Crippen molar-refractivity contribution in [2.24, 2.45) is 0 Å². The zero-order valence-corrected chi connectivity index (χ0v) is 20.7. The fraction of sp³-hybridized carbons (Fsp3) is 0.600. The van der Waals surface area contributed by atoms with Crippen molar-refractivity contribution in [1.29, 1.82) is 0 Å². The highest BCUT2D eigenvalue weighted by atomic mass is 32.1. The smallest absolute Gasteiger partial charge is 0.280 e. The molecule has 3 fully saturated rings. The lowest BCUT2D eigenvalue weighted by atomic mass is 10.1. The number of anilines is 1. The van der Waals surface area contributed by atoms with Crippen molar-refractivity contribution in [2.45, 2.75) is 82.9 Å². The number of aryl methyl sites for hydroxylation is 1. The first-order valence-corrected chi connectivity index (χ1v) is 13.2. The molecule has 0 radical (unpaired) electrons. The van der Waals surface area contributed by atoms with Crippen LogP contribution in [-0.2, 0) is 0 Å². The van der Waals surface area contributed by atoms with E-state index in [-0.39, 0.29) is 29.4 Å². The van der Waals surface area contributed by atoms with Crippen molar-refractivity contribution in [3.05, 3.63) is 28.5 Å². The SMILES string of the molecule is Cc1cc(NC2CCCC2)ncc1-c1sc(C(=O)NCC2(O)CC2)nc1C(=O)N1CCC[C@@H]1C. The molecule has 1 atom stereocenters. The van der Waals surface area contributed by atoms with Gasteiger partial charge in [0, 0.05) is 36.9 Å². The van der Waals surface area contributed by atoms with Crippen molar-refractivity contribution in [3.8, 4) is 10.4 Å². The highest BCUT2D eigenvalue weighted by Crippen LogP contribution is 2.36. The Morgan fingerprint density at radius 1 is 1.24 bits per heavy atom. The lowest BCUT2D eigenvalue weighted by Crippen LogP contribution is -2.35. The number of hydrogen-bond acceptors (Lipinski definition) is 7. The predicted octanol–water partition coefficient (Wildman–Crippen LogP) is 3.75. The summed E-state index contributed by atoms with van der Waals surface area (Å²) in [6.07, 6.45) is 9.95. The first-order chi connectivity index (χ1) is 16.3. The van der Waals surface area contributed by atoms with Gasteiger partial charge in [-0.25, -0.2) is 9.97 Å². The maximum absolute atomic E-state index is 13.5. The number of amides is 2. The van der Waals surface area contributed by atoms with Gasteiger partial charge in [0.15, 0.2) is 5.01 Å². The Morgan fingerprint density at radius 2 is 2.00 bits per heavy atom. The maximum Gasteiger partial charge on any atom is 0.280 e. The molecule has 1 aliphatic heterocycles. The first-order valence-electron chi connectivity index (χ1n) is 12.4. The minimum atomic E-state index is -0.790. The first kappa shape index (κ1) is 23.2. The third-order valence-corrected chi connectivity index (χ3v) is 8.39. The van der Waals surface area contributed by atoms with Gasteiger partial charge in [-0.1, -0.05) is 12.8 Å². The average molecular weight is 484 g/mol. The quantitative estimate of drug-likeness (QED) is 0.554. The van der Waals surface area contributed by atoms with E-state index in [4.69, 9.17) is 0 Å². The van der Waals surface area contributed by atoms with Crippen LogP contribution in [0, 0.1) is 6.92 Å². The van der Waals surface area contributed by atoms with Crippen molar-refractivity contribution in [2.75, 3.05) is 18.4 Å². The third-order valence-electron chi connectivity index (χ3n) is 7.31. The number of carbonyl (C=O) groups is 2. The molecule has 2 aromatic rings. The van der Waals surface area contributed by atoms with E-state index in [2.05, 4.69) is 27.5 Å². The molecule has 34 heavy (non-hydrogen) atoms. The summed E-state index contributed by atoms with van der Waals surface area (Å²) >= 11 is 1.22. The van der Waals surface area contributed by atoms with E-state index in [1.165, 1.54) is 24.2 Å². The number of hydrogen-bond donors (Lipinski definition) is 3. The Kier molecular flexibility index (Phi) is 6.33. The summed E-state index contributed by atoms with van der Waals surface area (Å²) in [6, 6.07) is 2.63. The molecule has 3 aliphatic rings. The van der Waals surface area contributed by atoms with Gasteiger partial charge < -0.3 is 20.6 Å². The Hall–Kier alpha value is -2.52. The topological polar surface area (TPSA) is 107 Å². The van der Waals surface area contributed by atoms with Crippen molar-refractivity contribution >= 4 is 29.0 Å². The molecule has 8 nitrogen and oxygen atoms in total. The fourth-order valence-electron chi connectivity index (χ4n) is 4.91. The monoisotopic (exact) mass is 483 g/mol. The molecule has 0 bridgehead atoms. The van der Waals surface area contributed by atoms with Gasteiger partial charge in [-0.3, -0.25) is 9.59 Å². The normalized spacial score (nSPS) is 21.6. The van der Waals surface area contributed by atoms with Crippen LogP contribution >= 0.6 is 11.3 Å². The van der Waals surface area contributed by atoms with E-state index in [0.29, 0.717) is 36.0 Å². The van der Waals surface area contributed by atoms with Crippen molar-refractivity contribution < 1.29 is 14.7 Å². The molecule has 0 unspecified atom stereocenters. The number of likely N-dealkylation sites (tertiary alicyclic amines) is 1. The van der Waals surface area contributed by atoms with Crippen LogP contribution in [0.4, 0.5) is 5.82 Å². The Labute approximate surface area is 204 Å². The third kappa shape index (κ3) is 4.81. The predicted molar refractivity (Wildman–Crippen MR) is 132 cm³/mol. The van der Waals surface area contributed by atoms with Crippen LogP contribution in [0.3, 0.4) is 0 Å². The summed E-state index contributed by atoms with van der Waals surface area (Å²) in [5.74, 6) is 0.350. The summed E-state index contributed by atoms with van der Waals surface area (Å²) in [7, 11) is 0. The number of pyridine rings is 1. The van der Waals surface area contributed by atoms with Crippen LogP contribution < -0.4 is 10.6 Å². The van der Waals surface area contributed by atoms with E-state index >= 15 is 0 Å². The molecule has 9 heteroatoms. The molecule has 2 saturated carbocycles. The molecule has 2 amide bonds. The number of nitrogens with one attached hydrogen (secondary N) is 2. The van der Waals surface area contributed by atoms with Crippen molar-refractivity contribution in [3.63, 3.8) is 0 Å². The number of aliphatic hydroxyl groups is 1. The van der Waals surface area contributed by atoms with Crippen molar-refractivity contribution in [1.82, 2.24) is 20.2 Å². The number of carbonyl (C=O) groups excluding carboxylic acids is 2. The van der Waals surface area contributed by atoms with E-state index in [9.17, 15) is 14.7 Å². The van der Waals surface area contributed by atoms with Gasteiger partial charge in [0.2, 0.25) is 0 Å². The second kappa shape index (κ2) is 9.26. The van der Waals surface area contributed by atoms with Crippen LogP contribution in [-0.4, -0.2) is 62.6 Å². The molecule has 1 saturated heterocycles. The molecule has 2 aliphatic carbocycles. The van der Waals surface area contributed by atoms with Gasteiger partial charge >= 0.3 is 0 Å². The largest absolute Gasteiger partial charge is 0.388 e. The summed E-state index contributed by atoms with van der Waals surface area (Å²) in [5, 5.41) is 16.6. The molecular weight excluding hydrogens is 450 g/mol. The van der Waals surface area contributed by atoms with Crippen LogP contribution in [0.25, 0.3) is 10.4 Å². The van der Waals surface area contributed by atoms with Crippen LogP contribution in [0.2, 0.25) is 0 Å². The van der Waals surface area contributed by atoms with Crippen LogP contribution in [0.5, 0.6) is 0 Å². The molecule has 0 aromatic carbocycles. The summed E-state index contributed by atoms with van der Waals surface area (Å²) < 4.78 is 0. The maximum atomic E-state index is 13.5. The minimum absolute atomic E-state index is 0.135. The molecule has 182 valence electrons. The molecule has 3 N–H and O–H groups in total. The lowest BCUT2D eigenvalue weighted by molar-refractivity contribution is 0.0743. The fourth-order valence-corrected chi connectivity index (χ4v) is 5.96. The zero-order valence-electron chi connectivity index (χ0n) is 19.9. The number of thiazole rings is 1. The van der Waals surface area contributed by atoms with E-state index in [1.54, 1.807) is 6.20 Å². The van der Waals surface area contributed by atoms with Gasteiger partial charge in [-0.15, -0.1) is 11.3 Å². The molecular formula is C25H33N5O3S. The Bertz CT molecular complexity index is 1090. The standard InChI is InChI=1S/C25H33N5O3S/c1-15-12-19(28-17-7-3-4-8-17)26-13-18(15)21-20(24(32)30-11-5-6-16(30)2)29-23(34-21)22(31)27-14-25(33)9-10-25/h12-13,16-17,33H,3-11,14H2,1-2H3,(H,26,28)(H,27,31)/t16-/m0/s1. The lowest BCUT2D eigenvalue weighted by Gasteiger charge is -2.21. The zero-order chi connectivity index (χ0) is 23.9. The van der Waals surface area contributed by atoms with Crippen LogP contribution in [0.15, 0.2) is 12.3 Å². The number of nitrogens with zero attached hydrogens (tertiary/aromatic N) is 3. The average Bonchev–Trinajstić information content (AvgIpc) is 3.24. The second-order valence-electron chi connectivity index (χ2n) is 10.1. The summed E-state index contributed by atoms with van der Waals surface area (Å²) in [4.78, 5) is 38.0. The van der Waals surface area contributed by atoms with Gasteiger partial charge in [0.05, 0.1) is 10.5 Å². The summed E-state index contributed by atoms with van der Waals surface area (Å²) in [5.41, 5.74) is 1.34. The molecule has 0 spiro atoms. The van der Waals surface area contributed by atoms with Gasteiger partial charge in [-0.05, 0) is 64.0 Å². The van der Waals surface area contributed by atoms with Gasteiger partial charge in [-0.2, -0.15) is 0 Å². The second-order valence-corrected chi connectivity index (χ2v) is 11.1. The minimum Gasteiger partial charge on any atom is -0.388 e. The van der Waals surface area contributed by atoms with Gasteiger partial charge in [0.25, 0.3) is 11.8 Å². The summed E-state index contributed by atoms with van der Waals surface area (Å²) in [6.45, 7) is 4.96. The highest BCUT2D eigenvalue weighted by molar-refractivity contribution is 7.17. The number of rotatable bonds is 7. The highest BCUT2D eigenvalue weighted by Gasteiger charge is 2.41. The van der Waals surface area contributed by atoms with E-state index in [1.807, 2.05) is 17.9 Å². The Morgan fingerprint density at radius 3 is 2.65 bits per heavy atom. The molecule has 5 rings (SSSR count). The Balaban J connectivity index is 1.44.